The summed E-state index contributed by atoms with van der Waals surface area (Å²) in [6.07, 6.45) is 0.304. The Bertz CT molecular complexity index is 1080. The van der Waals surface area contributed by atoms with Crippen LogP contribution in [-0.4, -0.2) is 52.7 Å². The van der Waals surface area contributed by atoms with E-state index in [2.05, 4.69) is 17.4 Å². The number of carbonyl (C=O) groups is 3. The van der Waals surface area contributed by atoms with Gasteiger partial charge in [-0.15, -0.1) is 0 Å². The summed E-state index contributed by atoms with van der Waals surface area (Å²) >= 11 is 0. The number of ether oxygens (including phenoxy) is 1. The third-order valence-electron chi connectivity index (χ3n) is 7.09. The molecule has 7 heteroatoms. The van der Waals surface area contributed by atoms with Gasteiger partial charge in [0.25, 0.3) is 0 Å². The first-order valence-electron chi connectivity index (χ1n) is 11.7. The summed E-state index contributed by atoms with van der Waals surface area (Å²) in [4.78, 5) is 39.6. The van der Waals surface area contributed by atoms with Crippen molar-refractivity contribution < 1.29 is 24.2 Å². The van der Waals surface area contributed by atoms with E-state index in [1.165, 1.54) is 4.90 Å². The first-order chi connectivity index (χ1) is 16.0. The fraction of sp³-hybridized carbons (Fsp3) is 0.444. The average molecular weight is 465 g/mol. The topological polar surface area (TPSA) is 95.9 Å². The van der Waals surface area contributed by atoms with Crippen LogP contribution in [0.3, 0.4) is 0 Å². The van der Waals surface area contributed by atoms with Crippen molar-refractivity contribution in [2.75, 3.05) is 13.2 Å². The fourth-order valence-corrected chi connectivity index (χ4v) is 5.10. The number of alkyl carbamates (subject to hydrolysis) is 1. The van der Waals surface area contributed by atoms with Gasteiger partial charge >= 0.3 is 12.1 Å². The molecular formula is C27H32N2O5. The van der Waals surface area contributed by atoms with E-state index in [-0.39, 0.29) is 12.5 Å². The van der Waals surface area contributed by atoms with Crippen molar-refractivity contribution in [3.63, 3.8) is 0 Å². The molecule has 2 aromatic rings. The molecule has 0 bridgehead atoms. The summed E-state index contributed by atoms with van der Waals surface area (Å²) in [6, 6.07) is 15.2. The van der Waals surface area contributed by atoms with Gasteiger partial charge in [0.1, 0.15) is 18.2 Å². The van der Waals surface area contributed by atoms with Gasteiger partial charge in [0, 0.05) is 12.5 Å². The van der Waals surface area contributed by atoms with E-state index in [0.29, 0.717) is 19.4 Å². The second kappa shape index (κ2) is 8.78. The van der Waals surface area contributed by atoms with E-state index >= 15 is 0 Å². The molecule has 1 aliphatic carbocycles. The zero-order valence-corrected chi connectivity index (χ0v) is 20.1. The molecular weight excluding hydrogens is 432 g/mol. The van der Waals surface area contributed by atoms with E-state index in [1.54, 1.807) is 6.92 Å². The zero-order valence-electron chi connectivity index (χ0n) is 20.1. The lowest BCUT2D eigenvalue weighted by atomic mass is 9.85. The lowest BCUT2D eigenvalue weighted by molar-refractivity contribution is -0.157. The van der Waals surface area contributed by atoms with Crippen LogP contribution in [0.5, 0.6) is 0 Å². The molecule has 7 nitrogen and oxygen atoms in total. The van der Waals surface area contributed by atoms with Crippen LogP contribution in [0, 0.1) is 5.41 Å². The number of fused-ring (bicyclic) bond motifs is 3. The van der Waals surface area contributed by atoms with Gasteiger partial charge in [-0.1, -0.05) is 69.3 Å². The number of carboxylic acids is 1. The summed E-state index contributed by atoms with van der Waals surface area (Å²) in [5, 5.41) is 12.5. The van der Waals surface area contributed by atoms with Crippen molar-refractivity contribution in [2.24, 2.45) is 5.41 Å². The number of rotatable bonds is 5. The molecule has 34 heavy (non-hydrogen) atoms. The van der Waals surface area contributed by atoms with Crippen LogP contribution in [-0.2, 0) is 14.3 Å². The van der Waals surface area contributed by atoms with E-state index in [9.17, 15) is 19.5 Å². The lowest BCUT2D eigenvalue weighted by Gasteiger charge is -2.38. The molecule has 2 amide bonds. The summed E-state index contributed by atoms with van der Waals surface area (Å²) < 4.78 is 5.64. The van der Waals surface area contributed by atoms with E-state index in [4.69, 9.17) is 4.74 Å². The van der Waals surface area contributed by atoms with Crippen LogP contribution in [0.25, 0.3) is 11.1 Å². The number of amides is 2. The highest BCUT2D eigenvalue weighted by Crippen LogP contribution is 2.44. The first kappa shape index (κ1) is 23.8. The van der Waals surface area contributed by atoms with Crippen molar-refractivity contribution in [2.45, 2.75) is 58.0 Å². The Kier molecular flexibility index (Phi) is 6.14. The standard InChI is InChI=1S/C27H32N2O5/c1-26(2,3)22(23(30)29-15-9-14-27(29,4)24(31)32)28-25(33)34-16-21-19-12-7-5-10-17(19)18-11-6-8-13-20(18)21/h5-8,10-13,21-22H,9,14-16H2,1-4H3,(H,28,33)(H,31,32)/t22-,27-/m0/s1. The third-order valence-corrected chi connectivity index (χ3v) is 7.09. The maximum Gasteiger partial charge on any atom is 0.407 e. The van der Waals surface area contributed by atoms with Gasteiger partial charge in [-0.25, -0.2) is 9.59 Å². The SMILES string of the molecule is CC(C)(C)[C@@H](NC(=O)OCC1c2ccccc2-c2ccccc21)C(=O)N1CCC[C@@]1(C)C(=O)O. The molecule has 2 atom stereocenters. The van der Waals surface area contributed by atoms with Crippen molar-refractivity contribution >= 4 is 18.0 Å². The molecule has 0 radical (unpaired) electrons. The van der Waals surface area contributed by atoms with Crippen LogP contribution >= 0.6 is 0 Å². The van der Waals surface area contributed by atoms with Crippen LogP contribution < -0.4 is 5.32 Å². The van der Waals surface area contributed by atoms with Gasteiger partial charge in [0.2, 0.25) is 5.91 Å². The molecule has 1 saturated heterocycles. The van der Waals surface area contributed by atoms with Crippen LogP contribution in [0.15, 0.2) is 48.5 Å². The molecule has 2 aromatic carbocycles. The summed E-state index contributed by atoms with van der Waals surface area (Å²) in [5.74, 6) is -1.52. The van der Waals surface area contributed by atoms with Crippen LogP contribution in [0.4, 0.5) is 4.79 Å². The Balaban J connectivity index is 1.49. The molecule has 1 fully saturated rings. The number of carbonyl (C=O) groups excluding carboxylic acids is 2. The van der Waals surface area contributed by atoms with Gasteiger partial charge in [-0.3, -0.25) is 4.79 Å². The first-order valence-corrected chi connectivity index (χ1v) is 11.7. The van der Waals surface area contributed by atoms with Gasteiger partial charge in [0.05, 0.1) is 0 Å². The number of hydrogen-bond donors (Lipinski definition) is 2. The molecule has 1 heterocycles. The Labute approximate surface area is 200 Å². The number of benzene rings is 2. The monoisotopic (exact) mass is 464 g/mol. The number of nitrogens with one attached hydrogen (secondary N) is 1. The number of carboxylic acid groups (broad SMARTS) is 1. The van der Waals surface area contributed by atoms with E-state index in [1.807, 2.05) is 57.2 Å². The van der Waals surface area contributed by atoms with Crippen LogP contribution in [0.2, 0.25) is 0 Å². The molecule has 180 valence electrons. The minimum atomic E-state index is -1.27. The quantitative estimate of drug-likeness (QED) is 0.684. The van der Waals surface area contributed by atoms with Crippen molar-refractivity contribution in [1.82, 2.24) is 10.2 Å². The largest absolute Gasteiger partial charge is 0.480 e. The highest BCUT2D eigenvalue weighted by atomic mass is 16.5. The average Bonchev–Trinajstić information content (AvgIpc) is 3.34. The van der Waals surface area contributed by atoms with Crippen molar-refractivity contribution in [3.8, 4) is 11.1 Å². The maximum atomic E-state index is 13.4. The summed E-state index contributed by atoms with van der Waals surface area (Å²) in [5.41, 5.74) is 2.57. The molecule has 0 unspecified atom stereocenters. The van der Waals surface area contributed by atoms with Gasteiger partial charge < -0.3 is 20.1 Å². The third kappa shape index (κ3) is 4.15. The molecule has 0 spiro atoms. The molecule has 4 rings (SSSR count). The Hall–Kier alpha value is -3.35. The van der Waals surface area contributed by atoms with Gasteiger partial charge in [-0.2, -0.15) is 0 Å². The predicted octanol–water partition coefficient (Wildman–Crippen LogP) is 4.41. The lowest BCUT2D eigenvalue weighted by Crippen LogP contribution is -2.60. The fourth-order valence-electron chi connectivity index (χ4n) is 5.10. The molecule has 0 aromatic heterocycles. The maximum absolute atomic E-state index is 13.4. The van der Waals surface area contributed by atoms with Gasteiger partial charge in [-0.05, 0) is 47.4 Å². The van der Waals surface area contributed by atoms with E-state index < -0.39 is 35.0 Å². The Morgan fingerprint density at radius 3 is 2.18 bits per heavy atom. The second-order valence-electron chi connectivity index (χ2n) is 10.4. The van der Waals surface area contributed by atoms with Gasteiger partial charge in [0.15, 0.2) is 0 Å². The minimum absolute atomic E-state index is 0.0872. The molecule has 1 aliphatic heterocycles. The van der Waals surface area contributed by atoms with Crippen molar-refractivity contribution in [1.29, 1.82) is 0 Å². The molecule has 2 N–H and O–H groups in total. The highest BCUT2D eigenvalue weighted by molar-refractivity contribution is 5.92. The summed E-state index contributed by atoms with van der Waals surface area (Å²) in [7, 11) is 0. The number of nitrogens with zero attached hydrogens (tertiary/aromatic N) is 1. The predicted molar refractivity (Wildman–Crippen MR) is 128 cm³/mol. The normalized spacial score (nSPS) is 20.4. The number of hydrogen-bond acceptors (Lipinski definition) is 4. The molecule has 0 saturated carbocycles. The zero-order chi connectivity index (χ0) is 24.7. The smallest absolute Gasteiger partial charge is 0.407 e. The van der Waals surface area contributed by atoms with Crippen LogP contribution in [0.1, 0.15) is 57.6 Å². The second-order valence-corrected chi connectivity index (χ2v) is 10.4. The number of likely N-dealkylation sites (tertiary alicyclic amines) is 1. The Morgan fingerprint density at radius 2 is 1.65 bits per heavy atom. The molecule has 2 aliphatic rings. The number of aliphatic carboxylic acids is 1. The van der Waals surface area contributed by atoms with E-state index in [0.717, 1.165) is 22.3 Å². The Morgan fingerprint density at radius 1 is 1.09 bits per heavy atom. The summed E-state index contributed by atoms with van der Waals surface area (Å²) in [6.45, 7) is 7.57. The van der Waals surface area contributed by atoms with Crippen molar-refractivity contribution in [3.05, 3.63) is 59.7 Å². The minimum Gasteiger partial charge on any atom is -0.480 e. The highest BCUT2D eigenvalue weighted by Gasteiger charge is 2.49.